The number of aromatic amines is 1. The molecule has 5 heteroatoms. The summed E-state index contributed by atoms with van der Waals surface area (Å²) in [5.41, 5.74) is 2.13. The maximum Gasteiger partial charge on any atom is 0.166 e. The van der Waals surface area contributed by atoms with Crippen LogP contribution in [0.4, 0.5) is 0 Å². The van der Waals surface area contributed by atoms with Gasteiger partial charge in [-0.25, -0.2) is 4.98 Å². The van der Waals surface area contributed by atoms with E-state index in [1.165, 1.54) is 0 Å². The predicted octanol–water partition coefficient (Wildman–Crippen LogP) is 2.28. The van der Waals surface area contributed by atoms with Crippen LogP contribution in [0.5, 0.6) is 0 Å². The van der Waals surface area contributed by atoms with Crippen molar-refractivity contribution in [2.75, 3.05) is 32.1 Å². The van der Waals surface area contributed by atoms with Gasteiger partial charge in [0.25, 0.3) is 0 Å². The van der Waals surface area contributed by atoms with Gasteiger partial charge >= 0.3 is 0 Å². The first-order chi connectivity index (χ1) is 8.90. The highest BCUT2D eigenvalue weighted by atomic mass is 32.2. The van der Waals surface area contributed by atoms with Crippen molar-refractivity contribution in [2.24, 2.45) is 0 Å². The molecule has 1 aromatic heterocycles. The third kappa shape index (κ3) is 4.01. The molecule has 0 saturated carbocycles. The molecule has 0 bridgehead atoms. The number of hydrogen-bond acceptors (Lipinski definition) is 4. The SMILES string of the molecule is CCOCCNCCSc1nc2ccccc2[nH]1. The molecule has 2 N–H and O–H groups in total. The summed E-state index contributed by atoms with van der Waals surface area (Å²) in [5, 5.41) is 4.33. The second kappa shape index (κ2) is 7.41. The van der Waals surface area contributed by atoms with Crippen LogP contribution in [0.25, 0.3) is 11.0 Å². The molecule has 98 valence electrons. The van der Waals surface area contributed by atoms with Crippen LogP contribution in [-0.4, -0.2) is 42.0 Å². The number of nitrogens with zero attached hydrogens (tertiary/aromatic N) is 1. The van der Waals surface area contributed by atoms with Gasteiger partial charge in [-0.1, -0.05) is 23.9 Å². The molecule has 0 amide bonds. The largest absolute Gasteiger partial charge is 0.380 e. The summed E-state index contributed by atoms with van der Waals surface area (Å²) in [7, 11) is 0. The van der Waals surface area contributed by atoms with E-state index in [0.29, 0.717) is 0 Å². The van der Waals surface area contributed by atoms with Gasteiger partial charge in [0.1, 0.15) is 0 Å². The van der Waals surface area contributed by atoms with Crippen LogP contribution in [-0.2, 0) is 4.74 Å². The summed E-state index contributed by atoms with van der Waals surface area (Å²) in [6, 6.07) is 8.10. The molecule has 4 nitrogen and oxygen atoms in total. The number of ether oxygens (including phenoxy) is 1. The van der Waals surface area contributed by atoms with E-state index in [-0.39, 0.29) is 0 Å². The van der Waals surface area contributed by atoms with E-state index >= 15 is 0 Å². The minimum absolute atomic E-state index is 0.784. The third-order valence-electron chi connectivity index (χ3n) is 2.51. The van der Waals surface area contributed by atoms with E-state index < -0.39 is 0 Å². The van der Waals surface area contributed by atoms with Gasteiger partial charge in [-0.15, -0.1) is 0 Å². The van der Waals surface area contributed by atoms with E-state index in [9.17, 15) is 0 Å². The van der Waals surface area contributed by atoms with Crippen LogP contribution < -0.4 is 5.32 Å². The lowest BCUT2D eigenvalue weighted by Gasteiger charge is -2.03. The summed E-state index contributed by atoms with van der Waals surface area (Å²) in [5.74, 6) is 1.01. The Kier molecular flexibility index (Phi) is 5.51. The summed E-state index contributed by atoms with van der Waals surface area (Å²) >= 11 is 1.74. The summed E-state index contributed by atoms with van der Waals surface area (Å²) in [6.45, 7) is 5.46. The van der Waals surface area contributed by atoms with E-state index in [2.05, 4.69) is 15.3 Å². The van der Waals surface area contributed by atoms with Crippen LogP contribution in [0.2, 0.25) is 0 Å². The molecule has 2 rings (SSSR count). The fourth-order valence-corrected chi connectivity index (χ4v) is 2.42. The normalized spacial score (nSPS) is 11.2. The number of hydrogen-bond donors (Lipinski definition) is 2. The highest BCUT2D eigenvalue weighted by Gasteiger charge is 2.01. The second-order valence-corrected chi connectivity index (χ2v) is 4.94. The maximum absolute atomic E-state index is 5.25. The molecule has 0 saturated heterocycles. The van der Waals surface area contributed by atoms with Gasteiger partial charge in [0.2, 0.25) is 0 Å². The number of benzene rings is 1. The molecule has 18 heavy (non-hydrogen) atoms. The van der Waals surface area contributed by atoms with Crippen LogP contribution in [0.15, 0.2) is 29.4 Å². The first-order valence-corrected chi connectivity index (χ1v) is 7.24. The monoisotopic (exact) mass is 265 g/mol. The van der Waals surface area contributed by atoms with Crippen LogP contribution in [0.1, 0.15) is 6.92 Å². The zero-order valence-electron chi connectivity index (χ0n) is 10.6. The van der Waals surface area contributed by atoms with Crippen molar-refractivity contribution in [2.45, 2.75) is 12.1 Å². The molecule has 2 aromatic rings. The summed E-state index contributed by atoms with van der Waals surface area (Å²) in [4.78, 5) is 7.82. The number of rotatable bonds is 8. The predicted molar refractivity (Wildman–Crippen MR) is 76.2 cm³/mol. The molecule has 0 atom stereocenters. The van der Waals surface area contributed by atoms with Crippen molar-refractivity contribution < 1.29 is 4.74 Å². The lowest BCUT2D eigenvalue weighted by atomic mass is 10.3. The molecular formula is C13H19N3OS. The first kappa shape index (κ1) is 13.4. The van der Waals surface area contributed by atoms with Gasteiger partial charge in [0.05, 0.1) is 17.6 Å². The average molecular weight is 265 g/mol. The second-order valence-electron chi connectivity index (χ2n) is 3.85. The molecule has 0 fully saturated rings. The van der Waals surface area contributed by atoms with Crippen molar-refractivity contribution in [3.63, 3.8) is 0 Å². The Hall–Kier alpha value is -1.04. The Morgan fingerprint density at radius 3 is 3.06 bits per heavy atom. The molecule has 0 radical (unpaired) electrons. The van der Waals surface area contributed by atoms with Gasteiger partial charge in [-0.2, -0.15) is 0 Å². The van der Waals surface area contributed by atoms with Crippen LogP contribution in [0.3, 0.4) is 0 Å². The van der Waals surface area contributed by atoms with Crippen molar-refractivity contribution >= 4 is 22.8 Å². The molecule has 1 heterocycles. The Morgan fingerprint density at radius 1 is 1.33 bits per heavy atom. The van der Waals surface area contributed by atoms with Gasteiger partial charge in [0, 0.05) is 25.4 Å². The summed E-state index contributed by atoms with van der Waals surface area (Å²) in [6.07, 6.45) is 0. The molecule has 0 aliphatic carbocycles. The minimum atomic E-state index is 0.784. The maximum atomic E-state index is 5.25. The van der Waals surface area contributed by atoms with Gasteiger partial charge in [-0.05, 0) is 19.1 Å². The highest BCUT2D eigenvalue weighted by Crippen LogP contribution is 2.18. The molecule has 0 spiro atoms. The quantitative estimate of drug-likeness (QED) is 0.568. The Bertz CT molecular complexity index is 439. The number of H-pyrrole nitrogens is 1. The van der Waals surface area contributed by atoms with E-state index in [1.807, 2.05) is 31.2 Å². The van der Waals surface area contributed by atoms with Gasteiger partial charge in [-0.3, -0.25) is 0 Å². The van der Waals surface area contributed by atoms with Gasteiger partial charge in [0.15, 0.2) is 5.16 Å². The first-order valence-electron chi connectivity index (χ1n) is 6.26. The molecule has 1 aromatic carbocycles. The standard InChI is InChI=1S/C13H19N3OS/c1-2-17-9-7-14-8-10-18-13-15-11-5-3-4-6-12(11)16-13/h3-6,14H,2,7-10H2,1H3,(H,15,16). The van der Waals surface area contributed by atoms with Crippen molar-refractivity contribution in [3.05, 3.63) is 24.3 Å². The topological polar surface area (TPSA) is 49.9 Å². The van der Waals surface area contributed by atoms with E-state index in [4.69, 9.17) is 4.74 Å². The fraction of sp³-hybridized carbons (Fsp3) is 0.462. The zero-order chi connectivity index (χ0) is 12.6. The number of imidazole rings is 1. The number of nitrogens with one attached hydrogen (secondary N) is 2. The zero-order valence-corrected chi connectivity index (χ0v) is 11.4. The minimum Gasteiger partial charge on any atom is -0.380 e. The Balaban J connectivity index is 1.67. The van der Waals surface area contributed by atoms with Crippen molar-refractivity contribution in [3.8, 4) is 0 Å². The highest BCUT2D eigenvalue weighted by molar-refractivity contribution is 7.99. The lowest BCUT2D eigenvalue weighted by molar-refractivity contribution is 0.150. The van der Waals surface area contributed by atoms with Crippen molar-refractivity contribution in [1.82, 2.24) is 15.3 Å². The smallest absolute Gasteiger partial charge is 0.166 e. The molecule has 0 unspecified atom stereocenters. The average Bonchev–Trinajstić information content (AvgIpc) is 2.80. The van der Waals surface area contributed by atoms with Crippen molar-refractivity contribution in [1.29, 1.82) is 0 Å². The van der Waals surface area contributed by atoms with E-state index in [1.54, 1.807) is 11.8 Å². The number of para-hydroxylation sites is 2. The van der Waals surface area contributed by atoms with Crippen LogP contribution in [0, 0.1) is 0 Å². The number of fused-ring (bicyclic) bond motifs is 1. The third-order valence-corrected chi connectivity index (χ3v) is 3.39. The Morgan fingerprint density at radius 2 is 2.22 bits per heavy atom. The molecular weight excluding hydrogens is 246 g/mol. The summed E-state index contributed by atoms with van der Waals surface area (Å²) < 4.78 is 5.25. The fourth-order valence-electron chi connectivity index (χ4n) is 1.63. The number of thioether (sulfide) groups is 1. The van der Waals surface area contributed by atoms with E-state index in [0.717, 1.165) is 48.2 Å². The van der Waals surface area contributed by atoms with Crippen LogP contribution >= 0.6 is 11.8 Å². The Labute approximate surface area is 112 Å². The molecule has 0 aliphatic heterocycles. The van der Waals surface area contributed by atoms with Gasteiger partial charge < -0.3 is 15.0 Å². The lowest BCUT2D eigenvalue weighted by Crippen LogP contribution is -2.22. The molecule has 0 aliphatic rings. The number of aromatic nitrogens is 2.